The fourth-order valence-electron chi connectivity index (χ4n) is 3.00. The Bertz CT molecular complexity index is 821. The van der Waals surface area contributed by atoms with Gasteiger partial charge >= 0.3 is 0 Å². The summed E-state index contributed by atoms with van der Waals surface area (Å²) < 4.78 is 1.95. The lowest BCUT2D eigenvalue weighted by atomic mass is 10.1. The Labute approximate surface area is 143 Å². The molecule has 1 aromatic heterocycles. The van der Waals surface area contributed by atoms with Crippen LogP contribution >= 0.6 is 0 Å². The SMILES string of the molecule is Cc1ccc2c(c1)c(CN[C@@H](C)CCc1ccc(O)cc1)nn2C. The largest absolute Gasteiger partial charge is 0.508 e. The van der Waals surface area contributed by atoms with Gasteiger partial charge in [0.1, 0.15) is 5.75 Å². The Kier molecular flexibility index (Phi) is 4.86. The van der Waals surface area contributed by atoms with E-state index in [1.54, 1.807) is 12.1 Å². The standard InChI is InChI=1S/C20H25N3O/c1-14-4-11-20-18(12-14)19(22-23(20)3)13-21-15(2)5-6-16-7-9-17(24)10-8-16/h4,7-12,15,21,24H,5-6,13H2,1-3H3/t15-/m0/s1. The van der Waals surface area contributed by atoms with Crippen molar-refractivity contribution >= 4 is 10.9 Å². The minimum Gasteiger partial charge on any atom is -0.508 e. The van der Waals surface area contributed by atoms with Gasteiger partial charge in [-0.1, -0.05) is 23.8 Å². The number of nitrogens with zero attached hydrogens (tertiary/aromatic N) is 2. The second-order valence-corrected chi connectivity index (χ2v) is 6.58. The van der Waals surface area contributed by atoms with Crippen molar-refractivity contribution in [2.45, 2.75) is 39.3 Å². The average Bonchev–Trinajstić information content (AvgIpc) is 2.88. The Morgan fingerprint density at radius 2 is 1.92 bits per heavy atom. The molecule has 0 bridgehead atoms. The van der Waals surface area contributed by atoms with Gasteiger partial charge in [0.15, 0.2) is 0 Å². The van der Waals surface area contributed by atoms with Crippen LogP contribution in [0.1, 0.15) is 30.2 Å². The number of benzene rings is 2. The highest BCUT2D eigenvalue weighted by atomic mass is 16.3. The summed E-state index contributed by atoms with van der Waals surface area (Å²) in [5, 5.41) is 18.8. The van der Waals surface area contributed by atoms with E-state index in [-0.39, 0.29) is 0 Å². The summed E-state index contributed by atoms with van der Waals surface area (Å²) in [6, 6.07) is 14.3. The molecule has 0 unspecified atom stereocenters. The Morgan fingerprint density at radius 3 is 2.67 bits per heavy atom. The van der Waals surface area contributed by atoms with Gasteiger partial charge in [-0.2, -0.15) is 5.10 Å². The van der Waals surface area contributed by atoms with E-state index in [0.717, 1.165) is 25.1 Å². The van der Waals surface area contributed by atoms with E-state index in [2.05, 4.69) is 42.5 Å². The molecule has 24 heavy (non-hydrogen) atoms. The van der Waals surface area contributed by atoms with E-state index in [1.165, 1.54) is 22.0 Å². The predicted molar refractivity (Wildman–Crippen MR) is 98.2 cm³/mol. The van der Waals surface area contributed by atoms with Crippen molar-refractivity contribution in [3.05, 3.63) is 59.3 Å². The van der Waals surface area contributed by atoms with Gasteiger partial charge in [-0.05, 0) is 56.5 Å². The van der Waals surface area contributed by atoms with Crippen molar-refractivity contribution in [2.75, 3.05) is 0 Å². The molecule has 2 aromatic carbocycles. The first-order valence-corrected chi connectivity index (χ1v) is 8.46. The molecular formula is C20H25N3O. The molecule has 4 nitrogen and oxygen atoms in total. The molecule has 0 aliphatic rings. The molecule has 0 saturated heterocycles. The molecule has 3 aromatic rings. The van der Waals surface area contributed by atoms with Crippen LogP contribution < -0.4 is 5.32 Å². The predicted octanol–water partition coefficient (Wildman–Crippen LogP) is 3.70. The molecule has 0 aliphatic carbocycles. The molecule has 1 heterocycles. The van der Waals surface area contributed by atoms with Crippen molar-refractivity contribution in [3.63, 3.8) is 0 Å². The third kappa shape index (κ3) is 3.77. The number of hydrogen-bond acceptors (Lipinski definition) is 3. The number of aromatic hydroxyl groups is 1. The summed E-state index contributed by atoms with van der Waals surface area (Å²) >= 11 is 0. The van der Waals surface area contributed by atoms with E-state index in [1.807, 2.05) is 23.9 Å². The normalized spacial score (nSPS) is 12.6. The highest BCUT2D eigenvalue weighted by Crippen LogP contribution is 2.19. The molecule has 4 heteroatoms. The number of aryl methyl sites for hydroxylation is 3. The lowest BCUT2D eigenvalue weighted by molar-refractivity contribution is 0.474. The fraction of sp³-hybridized carbons (Fsp3) is 0.350. The van der Waals surface area contributed by atoms with Gasteiger partial charge in [0.05, 0.1) is 11.2 Å². The van der Waals surface area contributed by atoms with Crippen LogP contribution in [0.5, 0.6) is 5.75 Å². The molecule has 2 N–H and O–H groups in total. The van der Waals surface area contributed by atoms with E-state index in [9.17, 15) is 5.11 Å². The Morgan fingerprint density at radius 1 is 1.17 bits per heavy atom. The molecule has 0 aliphatic heterocycles. The van der Waals surface area contributed by atoms with E-state index in [4.69, 9.17) is 0 Å². The quantitative estimate of drug-likeness (QED) is 0.727. The molecule has 1 atom stereocenters. The third-order valence-corrected chi connectivity index (χ3v) is 4.50. The maximum Gasteiger partial charge on any atom is 0.115 e. The number of fused-ring (bicyclic) bond motifs is 1. The third-order valence-electron chi connectivity index (χ3n) is 4.50. The van der Waals surface area contributed by atoms with Crippen molar-refractivity contribution in [3.8, 4) is 5.75 Å². The van der Waals surface area contributed by atoms with E-state index < -0.39 is 0 Å². The zero-order chi connectivity index (χ0) is 17.1. The summed E-state index contributed by atoms with van der Waals surface area (Å²) in [5.41, 5.74) is 4.79. The van der Waals surface area contributed by atoms with Crippen LogP contribution in [0.3, 0.4) is 0 Å². The van der Waals surface area contributed by atoms with Crippen LogP contribution in [0.2, 0.25) is 0 Å². The van der Waals surface area contributed by atoms with Gasteiger partial charge in [0.2, 0.25) is 0 Å². The first kappa shape index (κ1) is 16.5. The van der Waals surface area contributed by atoms with Crippen LogP contribution in [0.15, 0.2) is 42.5 Å². The molecule has 0 saturated carbocycles. The average molecular weight is 323 g/mol. The molecule has 0 spiro atoms. The summed E-state index contributed by atoms with van der Waals surface area (Å²) in [6.45, 7) is 5.10. The number of nitrogens with one attached hydrogen (secondary N) is 1. The lowest BCUT2D eigenvalue weighted by Gasteiger charge is -2.13. The van der Waals surface area contributed by atoms with Crippen LogP contribution in [-0.4, -0.2) is 20.9 Å². The molecule has 126 valence electrons. The summed E-state index contributed by atoms with van der Waals surface area (Å²) in [5.74, 6) is 0.322. The van der Waals surface area contributed by atoms with Crippen LogP contribution in [0, 0.1) is 6.92 Å². The number of hydrogen-bond donors (Lipinski definition) is 2. The number of rotatable bonds is 6. The van der Waals surface area contributed by atoms with Gasteiger partial charge in [-0.15, -0.1) is 0 Å². The first-order valence-electron chi connectivity index (χ1n) is 8.46. The molecular weight excluding hydrogens is 298 g/mol. The molecule has 0 fully saturated rings. The number of phenols is 1. The van der Waals surface area contributed by atoms with Crippen molar-refractivity contribution < 1.29 is 5.11 Å². The minimum atomic E-state index is 0.322. The maximum atomic E-state index is 9.33. The minimum absolute atomic E-state index is 0.322. The smallest absolute Gasteiger partial charge is 0.115 e. The maximum absolute atomic E-state index is 9.33. The lowest BCUT2D eigenvalue weighted by Crippen LogP contribution is -2.26. The second kappa shape index (κ2) is 7.05. The summed E-state index contributed by atoms with van der Waals surface area (Å²) in [4.78, 5) is 0. The first-order chi connectivity index (χ1) is 11.5. The summed E-state index contributed by atoms with van der Waals surface area (Å²) in [6.07, 6.45) is 2.05. The highest BCUT2D eigenvalue weighted by molar-refractivity contribution is 5.82. The van der Waals surface area contributed by atoms with Gasteiger partial charge in [0, 0.05) is 25.0 Å². The molecule has 0 amide bonds. The van der Waals surface area contributed by atoms with E-state index in [0.29, 0.717) is 11.8 Å². The van der Waals surface area contributed by atoms with Crippen molar-refractivity contribution in [2.24, 2.45) is 7.05 Å². The zero-order valence-electron chi connectivity index (χ0n) is 14.6. The Hall–Kier alpha value is -2.33. The zero-order valence-corrected chi connectivity index (χ0v) is 14.6. The highest BCUT2D eigenvalue weighted by Gasteiger charge is 2.10. The van der Waals surface area contributed by atoms with Gasteiger partial charge in [-0.25, -0.2) is 0 Å². The Balaban J connectivity index is 1.59. The second-order valence-electron chi connectivity index (χ2n) is 6.58. The number of phenolic OH excluding ortho intramolecular Hbond substituents is 1. The van der Waals surface area contributed by atoms with Gasteiger partial charge in [-0.3, -0.25) is 4.68 Å². The van der Waals surface area contributed by atoms with E-state index >= 15 is 0 Å². The monoisotopic (exact) mass is 323 g/mol. The van der Waals surface area contributed by atoms with Crippen LogP contribution in [-0.2, 0) is 20.0 Å². The topological polar surface area (TPSA) is 50.1 Å². The number of aromatic nitrogens is 2. The fourth-order valence-corrected chi connectivity index (χ4v) is 3.00. The van der Waals surface area contributed by atoms with Crippen LogP contribution in [0.25, 0.3) is 10.9 Å². The molecule has 0 radical (unpaired) electrons. The van der Waals surface area contributed by atoms with Crippen molar-refractivity contribution in [1.82, 2.24) is 15.1 Å². The van der Waals surface area contributed by atoms with Crippen molar-refractivity contribution in [1.29, 1.82) is 0 Å². The van der Waals surface area contributed by atoms with Gasteiger partial charge in [0.25, 0.3) is 0 Å². The van der Waals surface area contributed by atoms with Crippen LogP contribution in [0.4, 0.5) is 0 Å². The van der Waals surface area contributed by atoms with Gasteiger partial charge < -0.3 is 10.4 Å². The summed E-state index contributed by atoms with van der Waals surface area (Å²) in [7, 11) is 2.00. The molecule has 3 rings (SSSR count).